The first-order chi connectivity index (χ1) is 19.6. The molecule has 210 valence electrons. The smallest absolute Gasteiger partial charge is 0.451 e. The lowest BCUT2D eigenvalue weighted by Crippen LogP contribution is -2.65. The number of fused-ring (bicyclic) bond motifs is 5. The minimum absolute atomic E-state index is 0.0447. The highest BCUT2D eigenvalue weighted by molar-refractivity contribution is 7.98. The highest BCUT2D eigenvalue weighted by Crippen LogP contribution is 2.46. The number of thioether (sulfide) groups is 1. The Labute approximate surface area is 231 Å². The van der Waals surface area contributed by atoms with Crippen LogP contribution in [0.15, 0.2) is 58.4 Å². The molecular formula is C26H17F5N6O3S. The number of rotatable bonds is 1. The van der Waals surface area contributed by atoms with Gasteiger partial charge >= 0.3 is 6.18 Å². The van der Waals surface area contributed by atoms with Crippen LogP contribution >= 0.6 is 11.8 Å². The number of pyridine rings is 1. The summed E-state index contributed by atoms with van der Waals surface area (Å²) in [5.41, 5.74) is -0.302. The predicted molar refractivity (Wildman–Crippen MR) is 133 cm³/mol. The Balaban J connectivity index is 1.53. The van der Waals surface area contributed by atoms with E-state index in [0.717, 1.165) is 16.7 Å². The third-order valence-corrected chi connectivity index (χ3v) is 8.66. The Morgan fingerprint density at radius 2 is 1.78 bits per heavy atom. The lowest BCUT2D eigenvalue weighted by atomic mass is 9.93. The molecule has 0 aliphatic carbocycles. The standard InChI is InChI=1S/C26H17F5N6O3S/c27-15-6-5-12-14(20(15)28)11-41-17-4-2-1-3-13(17)21(12)37-19-10-34-18(32-33-25(34)26(29,30)31)9-35(19)24(40)22-23(39)16(38)7-8-36(22)37/h1-8,19,21,39H,9-11H2/t19-,21+/m1/s1. The number of amides is 1. The van der Waals surface area contributed by atoms with Gasteiger partial charge in [0, 0.05) is 28.5 Å². The number of alkyl halides is 3. The molecule has 5 heterocycles. The molecule has 0 radical (unpaired) electrons. The minimum Gasteiger partial charge on any atom is -0.502 e. The molecule has 41 heavy (non-hydrogen) atoms. The van der Waals surface area contributed by atoms with Crippen molar-refractivity contribution in [2.45, 2.75) is 42.1 Å². The number of benzene rings is 2. The molecule has 0 saturated heterocycles. The Bertz CT molecular complexity index is 1820. The van der Waals surface area contributed by atoms with E-state index in [1.165, 1.54) is 38.6 Å². The van der Waals surface area contributed by atoms with Crippen molar-refractivity contribution < 1.29 is 31.9 Å². The molecular weight excluding hydrogens is 571 g/mol. The third-order valence-electron chi connectivity index (χ3n) is 7.55. The van der Waals surface area contributed by atoms with Crippen LogP contribution in [0.3, 0.4) is 0 Å². The van der Waals surface area contributed by atoms with E-state index in [1.807, 2.05) is 0 Å². The van der Waals surface area contributed by atoms with Gasteiger partial charge in [-0.3, -0.25) is 19.3 Å². The molecule has 0 bridgehead atoms. The van der Waals surface area contributed by atoms with Crippen LogP contribution in [-0.2, 0) is 25.0 Å². The van der Waals surface area contributed by atoms with Crippen molar-refractivity contribution >= 4 is 17.7 Å². The van der Waals surface area contributed by atoms with Crippen LogP contribution < -0.4 is 10.4 Å². The molecule has 3 aliphatic heterocycles. The second kappa shape index (κ2) is 8.80. The van der Waals surface area contributed by atoms with Crippen molar-refractivity contribution in [3.8, 4) is 5.75 Å². The Morgan fingerprint density at radius 1 is 1.00 bits per heavy atom. The first-order valence-corrected chi connectivity index (χ1v) is 13.3. The summed E-state index contributed by atoms with van der Waals surface area (Å²) in [4.78, 5) is 28.0. The summed E-state index contributed by atoms with van der Waals surface area (Å²) in [5.74, 6) is -5.13. The van der Waals surface area contributed by atoms with Gasteiger partial charge in [0.2, 0.25) is 11.3 Å². The van der Waals surface area contributed by atoms with Crippen LogP contribution in [0.25, 0.3) is 0 Å². The molecule has 0 spiro atoms. The maximum atomic E-state index is 15.3. The van der Waals surface area contributed by atoms with Gasteiger partial charge in [0.15, 0.2) is 28.9 Å². The van der Waals surface area contributed by atoms with Crippen molar-refractivity contribution in [2.24, 2.45) is 0 Å². The quantitative estimate of drug-likeness (QED) is 0.339. The maximum absolute atomic E-state index is 15.3. The number of aromatic hydroxyl groups is 1. The zero-order valence-electron chi connectivity index (χ0n) is 20.6. The topological polar surface area (TPSA) is 96.5 Å². The van der Waals surface area contributed by atoms with E-state index in [1.54, 1.807) is 24.3 Å². The van der Waals surface area contributed by atoms with Crippen LogP contribution in [0.5, 0.6) is 5.75 Å². The van der Waals surface area contributed by atoms with Gasteiger partial charge in [-0.15, -0.1) is 22.0 Å². The van der Waals surface area contributed by atoms with Gasteiger partial charge in [-0.1, -0.05) is 24.3 Å². The van der Waals surface area contributed by atoms with E-state index in [2.05, 4.69) is 10.2 Å². The van der Waals surface area contributed by atoms with Crippen LogP contribution in [-0.4, -0.2) is 41.5 Å². The second-order valence-electron chi connectivity index (χ2n) is 9.72. The molecule has 0 saturated carbocycles. The Kier molecular flexibility index (Phi) is 5.48. The van der Waals surface area contributed by atoms with Crippen molar-refractivity contribution in [2.75, 3.05) is 5.01 Å². The van der Waals surface area contributed by atoms with Gasteiger partial charge in [0.1, 0.15) is 6.17 Å². The highest BCUT2D eigenvalue weighted by Gasteiger charge is 2.49. The first-order valence-electron chi connectivity index (χ1n) is 12.3. The molecule has 15 heteroatoms. The number of hydrogen-bond donors (Lipinski definition) is 1. The van der Waals surface area contributed by atoms with E-state index >= 15 is 4.39 Å². The molecule has 2 aromatic carbocycles. The molecule has 9 nitrogen and oxygen atoms in total. The summed E-state index contributed by atoms with van der Waals surface area (Å²) in [6.07, 6.45) is -4.75. The predicted octanol–water partition coefficient (Wildman–Crippen LogP) is 3.77. The van der Waals surface area contributed by atoms with Crippen molar-refractivity contribution in [1.82, 2.24) is 24.3 Å². The molecule has 2 atom stereocenters. The van der Waals surface area contributed by atoms with E-state index in [4.69, 9.17) is 0 Å². The zero-order chi connectivity index (χ0) is 28.8. The lowest BCUT2D eigenvalue weighted by Gasteiger charge is -2.51. The first kappa shape index (κ1) is 25.6. The minimum atomic E-state index is -4.84. The van der Waals surface area contributed by atoms with Crippen molar-refractivity contribution in [3.05, 3.63) is 105 Å². The van der Waals surface area contributed by atoms with Crippen LogP contribution in [0.2, 0.25) is 0 Å². The third kappa shape index (κ3) is 3.67. The number of nitrogens with zero attached hydrogens (tertiary/aromatic N) is 6. The fraction of sp³-hybridized carbons (Fsp3) is 0.231. The average molecular weight is 589 g/mol. The normalized spacial score (nSPS) is 19.6. The summed E-state index contributed by atoms with van der Waals surface area (Å²) < 4.78 is 73.4. The number of aromatic nitrogens is 4. The molecule has 1 N–H and O–H groups in total. The zero-order valence-corrected chi connectivity index (χ0v) is 21.5. The average Bonchev–Trinajstić information content (AvgIpc) is 3.29. The van der Waals surface area contributed by atoms with Crippen LogP contribution in [0.1, 0.15) is 44.9 Å². The van der Waals surface area contributed by atoms with Crippen molar-refractivity contribution in [1.29, 1.82) is 0 Å². The van der Waals surface area contributed by atoms with Gasteiger partial charge in [-0.05, 0) is 23.3 Å². The van der Waals surface area contributed by atoms with Crippen molar-refractivity contribution in [3.63, 3.8) is 0 Å². The largest absolute Gasteiger partial charge is 0.502 e. The van der Waals surface area contributed by atoms with Gasteiger partial charge in [0.05, 0.1) is 19.1 Å². The SMILES string of the molecule is O=C1c2c(O)c(=O)ccn2N([C@@H]2c3ccccc3SCc3c2ccc(F)c3F)[C@@H]2Cn3c(nnc3C(F)(F)F)CN12. The van der Waals surface area contributed by atoms with E-state index in [-0.39, 0.29) is 17.1 Å². The van der Waals surface area contributed by atoms with E-state index < -0.39 is 71.7 Å². The summed E-state index contributed by atoms with van der Waals surface area (Å²) in [5, 5.41) is 19.2. The van der Waals surface area contributed by atoms with Gasteiger partial charge in [0.25, 0.3) is 5.91 Å². The summed E-state index contributed by atoms with van der Waals surface area (Å²) >= 11 is 1.26. The molecule has 0 fully saturated rings. The maximum Gasteiger partial charge on any atom is 0.451 e. The fourth-order valence-electron chi connectivity index (χ4n) is 5.74. The molecule has 0 unspecified atom stereocenters. The molecule has 3 aliphatic rings. The number of carbonyl (C=O) groups is 1. The number of halogens is 5. The Hall–Kier alpha value is -4.40. The Morgan fingerprint density at radius 3 is 2.56 bits per heavy atom. The molecule has 2 aromatic heterocycles. The monoisotopic (exact) mass is 588 g/mol. The number of carbonyl (C=O) groups excluding carboxylic acids is 1. The number of hydrogen-bond acceptors (Lipinski definition) is 7. The molecule has 7 rings (SSSR count). The summed E-state index contributed by atoms with van der Waals surface area (Å²) in [7, 11) is 0. The van der Waals surface area contributed by atoms with E-state index in [9.17, 15) is 32.3 Å². The fourth-order valence-corrected chi connectivity index (χ4v) is 6.86. The summed E-state index contributed by atoms with van der Waals surface area (Å²) in [6, 6.07) is 9.43. The van der Waals surface area contributed by atoms with Gasteiger partial charge < -0.3 is 14.6 Å². The van der Waals surface area contributed by atoms with E-state index in [0.29, 0.717) is 16.0 Å². The lowest BCUT2D eigenvalue weighted by molar-refractivity contribution is -0.148. The summed E-state index contributed by atoms with van der Waals surface area (Å²) in [6.45, 7) is -0.862. The molecule has 4 aromatic rings. The van der Waals surface area contributed by atoms with Crippen LogP contribution in [0, 0.1) is 11.6 Å². The second-order valence-corrected chi connectivity index (χ2v) is 10.7. The van der Waals surface area contributed by atoms with Crippen LogP contribution in [0.4, 0.5) is 22.0 Å². The van der Waals surface area contributed by atoms with Gasteiger partial charge in [-0.2, -0.15) is 13.2 Å². The highest BCUT2D eigenvalue weighted by atomic mass is 32.2. The molecule has 1 amide bonds. The van der Waals surface area contributed by atoms with Gasteiger partial charge in [-0.25, -0.2) is 8.78 Å².